The average Bonchev–Trinajstić information content (AvgIpc) is 3.24. The Hall–Kier alpha value is -3.55. The van der Waals surface area contributed by atoms with E-state index in [4.69, 9.17) is 0 Å². The van der Waals surface area contributed by atoms with E-state index < -0.39 is 41.0 Å². The smallest absolute Gasteiger partial charge is 0.255 e. The molecule has 0 aromatic heterocycles. The minimum Gasteiger partial charge on any atom is -0.339 e. The van der Waals surface area contributed by atoms with Crippen LogP contribution in [-0.4, -0.2) is 63.0 Å². The molecule has 0 saturated carbocycles. The first-order chi connectivity index (χ1) is 16.3. The number of imide groups is 1. The van der Waals surface area contributed by atoms with E-state index in [9.17, 15) is 23.6 Å². The Morgan fingerprint density at radius 3 is 2.29 bits per heavy atom. The third kappa shape index (κ3) is 2.94. The first-order valence-electron chi connectivity index (χ1n) is 11.6. The first kappa shape index (κ1) is 22.3. The van der Waals surface area contributed by atoms with Gasteiger partial charge in [-0.3, -0.25) is 24.1 Å². The summed E-state index contributed by atoms with van der Waals surface area (Å²) in [4.78, 5) is 59.3. The molecule has 0 radical (unpaired) electrons. The Labute approximate surface area is 197 Å². The van der Waals surface area contributed by atoms with E-state index in [1.807, 2.05) is 37.3 Å². The molecule has 2 aromatic rings. The van der Waals surface area contributed by atoms with Crippen LogP contribution in [0, 0.1) is 17.7 Å². The van der Waals surface area contributed by atoms with Crippen molar-refractivity contribution in [3.05, 3.63) is 71.5 Å². The molecular formula is C26H26FN3O4. The number of hydrogen-bond acceptors (Lipinski definition) is 4. The van der Waals surface area contributed by atoms with Crippen LogP contribution in [0.3, 0.4) is 0 Å². The van der Waals surface area contributed by atoms with Crippen LogP contribution in [0.15, 0.2) is 54.6 Å². The summed E-state index contributed by atoms with van der Waals surface area (Å²) in [6.07, 6.45) is 0.200. The molecule has 3 saturated heterocycles. The molecule has 2 bridgehead atoms. The third-order valence-corrected chi connectivity index (χ3v) is 7.61. The van der Waals surface area contributed by atoms with Gasteiger partial charge in [0.05, 0.1) is 24.4 Å². The van der Waals surface area contributed by atoms with E-state index in [-0.39, 0.29) is 36.9 Å². The Bertz CT molecular complexity index is 1170. The molecule has 3 fully saturated rings. The van der Waals surface area contributed by atoms with Gasteiger partial charge in [0.25, 0.3) is 5.91 Å². The maximum atomic E-state index is 13.8. The highest BCUT2D eigenvalue weighted by Crippen LogP contribution is 2.54. The summed E-state index contributed by atoms with van der Waals surface area (Å²) in [5.41, 5.74) is -0.406. The van der Waals surface area contributed by atoms with Crippen LogP contribution >= 0.6 is 0 Å². The number of nitrogens with zero attached hydrogens (tertiary/aromatic N) is 3. The average molecular weight is 464 g/mol. The number of carbonyl (C=O) groups excluding carboxylic acids is 4. The molecular weight excluding hydrogens is 437 g/mol. The van der Waals surface area contributed by atoms with Gasteiger partial charge in [0, 0.05) is 18.7 Å². The Morgan fingerprint density at radius 2 is 1.68 bits per heavy atom. The topological polar surface area (TPSA) is 78.0 Å². The third-order valence-electron chi connectivity index (χ3n) is 7.61. The van der Waals surface area contributed by atoms with Gasteiger partial charge in [-0.1, -0.05) is 37.3 Å². The van der Waals surface area contributed by atoms with Crippen molar-refractivity contribution >= 4 is 23.6 Å². The molecule has 3 unspecified atom stereocenters. The largest absolute Gasteiger partial charge is 0.339 e. The molecule has 176 valence electrons. The highest BCUT2D eigenvalue weighted by molar-refractivity contribution is 6.13. The summed E-state index contributed by atoms with van der Waals surface area (Å²) in [5, 5.41) is 0. The summed E-state index contributed by atoms with van der Waals surface area (Å²) < 4.78 is 13.5. The van der Waals surface area contributed by atoms with Gasteiger partial charge < -0.3 is 9.80 Å². The standard InChI is InChI=1S/C26H26FN3O4/c1-3-26-21-20(23(32)29(24(21)33)14-16-8-6-5-7-9-16)19(15-28(4-2)25(26)34)30(26)22(31)17-10-12-18(27)13-11-17/h5-13,19-21H,3-4,14-15H2,1-2H3/t19?,20?,21?,26-/m1/s1. The minimum atomic E-state index is -1.45. The van der Waals surface area contributed by atoms with E-state index in [1.165, 1.54) is 34.1 Å². The number of amides is 4. The minimum absolute atomic E-state index is 0.135. The van der Waals surface area contributed by atoms with Crippen LogP contribution in [0.5, 0.6) is 0 Å². The van der Waals surface area contributed by atoms with E-state index >= 15 is 0 Å². The highest BCUT2D eigenvalue weighted by Gasteiger charge is 2.74. The number of fused-ring (bicyclic) bond motifs is 5. The lowest BCUT2D eigenvalue weighted by Gasteiger charge is -2.49. The molecule has 3 aliphatic rings. The van der Waals surface area contributed by atoms with Gasteiger partial charge in [0.1, 0.15) is 11.4 Å². The SMILES string of the molecule is CCN1CC2C3C(=O)N(Cc4ccccc4)C(=O)C3[C@](CC)(C1=O)N2C(=O)c1ccc(F)cc1. The lowest BCUT2D eigenvalue weighted by atomic mass is 9.78. The van der Waals surface area contributed by atoms with Crippen LogP contribution < -0.4 is 0 Å². The number of piperazine rings is 1. The summed E-state index contributed by atoms with van der Waals surface area (Å²) in [7, 11) is 0. The van der Waals surface area contributed by atoms with Gasteiger partial charge in [-0.25, -0.2) is 4.39 Å². The van der Waals surface area contributed by atoms with Crippen molar-refractivity contribution in [2.24, 2.45) is 11.8 Å². The maximum absolute atomic E-state index is 13.8. The fraction of sp³-hybridized carbons (Fsp3) is 0.385. The van der Waals surface area contributed by atoms with Crippen LogP contribution in [0.4, 0.5) is 4.39 Å². The lowest BCUT2D eigenvalue weighted by molar-refractivity contribution is -0.157. The van der Waals surface area contributed by atoms with Crippen molar-refractivity contribution < 1.29 is 23.6 Å². The van der Waals surface area contributed by atoms with Crippen molar-refractivity contribution in [3.8, 4) is 0 Å². The molecule has 3 heterocycles. The Kier molecular flexibility index (Phi) is 5.26. The van der Waals surface area contributed by atoms with Crippen molar-refractivity contribution in [1.29, 1.82) is 0 Å². The summed E-state index contributed by atoms with van der Waals surface area (Å²) in [6, 6.07) is 13.7. The molecule has 4 atom stereocenters. The zero-order valence-electron chi connectivity index (χ0n) is 19.1. The van der Waals surface area contributed by atoms with Crippen LogP contribution in [0.2, 0.25) is 0 Å². The fourth-order valence-electron chi connectivity index (χ4n) is 6.06. The van der Waals surface area contributed by atoms with Crippen molar-refractivity contribution in [2.45, 2.75) is 38.4 Å². The molecule has 3 aliphatic heterocycles. The molecule has 34 heavy (non-hydrogen) atoms. The summed E-state index contributed by atoms with van der Waals surface area (Å²) >= 11 is 0. The van der Waals surface area contributed by atoms with Gasteiger partial charge in [0.15, 0.2) is 0 Å². The summed E-state index contributed by atoms with van der Waals surface area (Å²) in [6.45, 7) is 4.36. The predicted molar refractivity (Wildman–Crippen MR) is 121 cm³/mol. The van der Waals surface area contributed by atoms with Crippen LogP contribution in [0.1, 0.15) is 36.2 Å². The zero-order chi connectivity index (χ0) is 24.2. The second-order valence-electron chi connectivity index (χ2n) is 9.12. The van der Waals surface area contributed by atoms with Crippen molar-refractivity contribution in [3.63, 3.8) is 0 Å². The summed E-state index contributed by atoms with van der Waals surface area (Å²) in [5.74, 6) is -3.73. The van der Waals surface area contributed by atoms with Crippen molar-refractivity contribution in [1.82, 2.24) is 14.7 Å². The van der Waals surface area contributed by atoms with Gasteiger partial charge in [-0.15, -0.1) is 0 Å². The molecule has 8 heteroatoms. The molecule has 0 spiro atoms. The molecule has 4 amide bonds. The Balaban J connectivity index is 1.59. The number of carbonyl (C=O) groups is 4. The molecule has 0 aliphatic carbocycles. The molecule has 5 rings (SSSR count). The van der Waals surface area contributed by atoms with E-state index in [0.717, 1.165) is 5.56 Å². The highest BCUT2D eigenvalue weighted by atomic mass is 19.1. The Morgan fingerprint density at radius 1 is 1.00 bits per heavy atom. The quantitative estimate of drug-likeness (QED) is 0.639. The zero-order valence-corrected chi connectivity index (χ0v) is 19.1. The molecule has 0 N–H and O–H groups in total. The normalized spacial score (nSPS) is 28.0. The van der Waals surface area contributed by atoms with E-state index in [2.05, 4.69) is 0 Å². The first-order valence-corrected chi connectivity index (χ1v) is 11.6. The number of benzene rings is 2. The fourth-order valence-corrected chi connectivity index (χ4v) is 6.06. The van der Waals surface area contributed by atoms with Crippen LogP contribution in [-0.2, 0) is 20.9 Å². The monoisotopic (exact) mass is 463 g/mol. The van der Waals surface area contributed by atoms with E-state index in [1.54, 1.807) is 11.8 Å². The van der Waals surface area contributed by atoms with Gasteiger partial charge in [0.2, 0.25) is 17.7 Å². The van der Waals surface area contributed by atoms with E-state index in [0.29, 0.717) is 6.54 Å². The van der Waals surface area contributed by atoms with Crippen LogP contribution in [0.25, 0.3) is 0 Å². The predicted octanol–water partition coefficient (Wildman–Crippen LogP) is 2.46. The van der Waals surface area contributed by atoms with Gasteiger partial charge >= 0.3 is 0 Å². The molecule has 7 nitrogen and oxygen atoms in total. The van der Waals surface area contributed by atoms with Gasteiger partial charge in [-0.05, 0) is 43.2 Å². The van der Waals surface area contributed by atoms with Crippen molar-refractivity contribution in [2.75, 3.05) is 13.1 Å². The van der Waals surface area contributed by atoms with Gasteiger partial charge in [-0.2, -0.15) is 0 Å². The number of likely N-dealkylation sites (N-methyl/N-ethyl adjacent to an activating group) is 1. The number of rotatable bonds is 5. The number of hydrogen-bond donors (Lipinski definition) is 0. The second-order valence-corrected chi connectivity index (χ2v) is 9.12. The number of likely N-dealkylation sites (tertiary alicyclic amines) is 2. The maximum Gasteiger partial charge on any atom is 0.255 e. The molecule has 2 aromatic carbocycles. The second kappa shape index (κ2) is 8.04. The number of halogens is 1. The lowest BCUT2D eigenvalue weighted by Crippen LogP contribution is -2.69.